The Hall–Kier alpha value is -1.82. The number of pyridine rings is 1. The number of benzene rings is 1. The minimum atomic E-state index is -4.28. The van der Waals surface area contributed by atoms with Gasteiger partial charge in [-0.1, -0.05) is 11.6 Å². The van der Waals surface area contributed by atoms with E-state index in [9.17, 15) is 13.2 Å². The first kappa shape index (κ1) is 14.6. The van der Waals surface area contributed by atoms with Gasteiger partial charge in [-0.3, -0.25) is 4.98 Å². The molecular weight excluding hydrogens is 269 g/mol. The predicted octanol–water partition coefficient (Wildman–Crippen LogP) is 3.53. The average Bonchev–Trinajstić information content (AvgIpc) is 2.37. The quantitative estimate of drug-likeness (QED) is 0.853. The van der Waals surface area contributed by atoms with Crippen LogP contribution in [0.15, 0.2) is 30.5 Å². The van der Waals surface area contributed by atoms with Crippen LogP contribution in [0.1, 0.15) is 5.56 Å². The Bertz CT molecular complexity index is 584. The van der Waals surface area contributed by atoms with E-state index in [0.717, 1.165) is 22.2 Å². The second kappa shape index (κ2) is 6.09. The van der Waals surface area contributed by atoms with Gasteiger partial charge >= 0.3 is 6.18 Å². The lowest BCUT2D eigenvalue weighted by atomic mass is 10.1. The van der Waals surface area contributed by atoms with Crippen LogP contribution in [0.5, 0.6) is 0 Å². The molecule has 0 atom stereocenters. The Kier molecular flexibility index (Phi) is 4.44. The summed E-state index contributed by atoms with van der Waals surface area (Å²) in [5, 5.41) is 4.02. The zero-order valence-electron chi connectivity index (χ0n) is 11.0. The van der Waals surface area contributed by atoms with E-state index in [1.54, 1.807) is 12.3 Å². The van der Waals surface area contributed by atoms with Crippen LogP contribution in [0, 0.1) is 6.92 Å². The molecule has 6 heteroatoms. The van der Waals surface area contributed by atoms with Gasteiger partial charge in [0.1, 0.15) is 6.61 Å². The monoisotopic (exact) mass is 284 g/mol. The minimum Gasteiger partial charge on any atom is -0.382 e. The van der Waals surface area contributed by atoms with Gasteiger partial charge < -0.3 is 10.1 Å². The molecule has 0 aliphatic rings. The van der Waals surface area contributed by atoms with Gasteiger partial charge in [0.2, 0.25) is 0 Å². The van der Waals surface area contributed by atoms with E-state index >= 15 is 0 Å². The second-order valence-corrected chi connectivity index (χ2v) is 4.47. The van der Waals surface area contributed by atoms with Gasteiger partial charge in [-0.2, -0.15) is 13.2 Å². The molecular formula is C14H15F3N2O. The molecule has 1 aromatic carbocycles. The molecule has 1 heterocycles. The molecule has 0 amide bonds. The normalized spacial score (nSPS) is 11.8. The zero-order chi connectivity index (χ0) is 14.6. The van der Waals surface area contributed by atoms with Gasteiger partial charge in [-0.05, 0) is 25.1 Å². The number of hydrogen-bond acceptors (Lipinski definition) is 3. The Balaban J connectivity index is 1.95. The molecule has 0 aliphatic heterocycles. The van der Waals surface area contributed by atoms with E-state index in [1.807, 2.05) is 25.1 Å². The summed E-state index contributed by atoms with van der Waals surface area (Å²) in [6.07, 6.45) is -2.61. The number of hydrogen-bond donors (Lipinski definition) is 1. The lowest BCUT2D eigenvalue weighted by Crippen LogP contribution is -2.20. The number of aryl methyl sites for hydroxylation is 1. The van der Waals surface area contributed by atoms with E-state index in [-0.39, 0.29) is 6.61 Å². The fraction of sp³-hybridized carbons (Fsp3) is 0.357. The number of rotatable bonds is 5. The molecule has 0 radical (unpaired) electrons. The molecule has 2 aromatic rings. The molecule has 0 saturated heterocycles. The lowest BCUT2D eigenvalue weighted by molar-refractivity contribution is -0.172. The first-order chi connectivity index (χ1) is 9.46. The SMILES string of the molecule is Cc1ccc2nccc(NCCOCC(F)(F)F)c2c1. The average molecular weight is 284 g/mol. The smallest absolute Gasteiger partial charge is 0.382 e. The highest BCUT2D eigenvalue weighted by Gasteiger charge is 2.27. The van der Waals surface area contributed by atoms with E-state index in [4.69, 9.17) is 0 Å². The summed E-state index contributed by atoms with van der Waals surface area (Å²) in [5.74, 6) is 0. The van der Waals surface area contributed by atoms with E-state index < -0.39 is 12.8 Å². The van der Waals surface area contributed by atoms with Crippen LogP contribution < -0.4 is 5.32 Å². The van der Waals surface area contributed by atoms with Crippen molar-refractivity contribution in [3.05, 3.63) is 36.0 Å². The molecule has 1 N–H and O–H groups in total. The maximum Gasteiger partial charge on any atom is 0.411 e. The summed E-state index contributed by atoms with van der Waals surface area (Å²) >= 11 is 0. The van der Waals surface area contributed by atoms with Crippen LogP contribution in [0.3, 0.4) is 0 Å². The van der Waals surface area contributed by atoms with Gasteiger partial charge in [0.05, 0.1) is 12.1 Å². The molecule has 2 rings (SSSR count). The number of ether oxygens (including phenoxy) is 1. The third-order valence-electron chi connectivity index (χ3n) is 2.72. The number of anilines is 1. The number of aromatic nitrogens is 1. The van der Waals surface area contributed by atoms with E-state index in [2.05, 4.69) is 15.0 Å². The van der Waals surface area contributed by atoms with Crippen molar-refractivity contribution in [1.82, 2.24) is 4.98 Å². The molecule has 20 heavy (non-hydrogen) atoms. The van der Waals surface area contributed by atoms with Gasteiger partial charge in [0.15, 0.2) is 0 Å². The second-order valence-electron chi connectivity index (χ2n) is 4.47. The highest BCUT2D eigenvalue weighted by atomic mass is 19.4. The summed E-state index contributed by atoms with van der Waals surface area (Å²) in [7, 11) is 0. The third kappa shape index (κ3) is 4.09. The zero-order valence-corrected chi connectivity index (χ0v) is 11.0. The summed E-state index contributed by atoms with van der Waals surface area (Å²) in [4.78, 5) is 4.24. The van der Waals surface area contributed by atoms with Crippen LogP contribution >= 0.6 is 0 Å². The summed E-state index contributed by atoms with van der Waals surface area (Å²) < 4.78 is 40.3. The molecule has 0 unspecified atom stereocenters. The summed E-state index contributed by atoms with van der Waals surface area (Å²) in [6, 6.07) is 7.66. The Morgan fingerprint density at radius 2 is 2.05 bits per heavy atom. The van der Waals surface area contributed by atoms with Crippen molar-refractivity contribution in [3.63, 3.8) is 0 Å². The fourth-order valence-corrected chi connectivity index (χ4v) is 1.86. The number of nitrogens with zero attached hydrogens (tertiary/aromatic N) is 1. The van der Waals surface area contributed by atoms with Crippen LogP contribution in [0.2, 0.25) is 0 Å². The standard InChI is InChI=1S/C14H15F3N2O/c1-10-2-3-12-11(8-10)13(4-5-18-12)19-6-7-20-9-14(15,16)17/h2-5,8H,6-7,9H2,1H3,(H,18,19). The highest BCUT2D eigenvalue weighted by Crippen LogP contribution is 2.22. The molecule has 3 nitrogen and oxygen atoms in total. The van der Waals surface area contributed by atoms with Gasteiger partial charge in [-0.25, -0.2) is 0 Å². The fourth-order valence-electron chi connectivity index (χ4n) is 1.86. The number of nitrogens with one attached hydrogen (secondary N) is 1. The van der Waals surface area contributed by atoms with Gasteiger partial charge in [0.25, 0.3) is 0 Å². The Morgan fingerprint density at radius 3 is 2.80 bits per heavy atom. The molecule has 0 aliphatic carbocycles. The Labute approximate surface area is 114 Å². The predicted molar refractivity (Wildman–Crippen MR) is 71.8 cm³/mol. The van der Waals surface area contributed by atoms with Gasteiger partial charge in [-0.15, -0.1) is 0 Å². The maximum absolute atomic E-state index is 11.9. The van der Waals surface area contributed by atoms with Crippen molar-refractivity contribution in [2.24, 2.45) is 0 Å². The van der Waals surface area contributed by atoms with Crippen molar-refractivity contribution in [3.8, 4) is 0 Å². The third-order valence-corrected chi connectivity index (χ3v) is 2.72. The summed E-state index contributed by atoms with van der Waals surface area (Å²) in [6.45, 7) is 1.06. The molecule has 0 spiro atoms. The topological polar surface area (TPSA) is 34.2 Å². The Morgan fingerprint density at radius 1 is 1.25 bits per heavy atom. The van der Waals surface area contributed by atoms with Crippen molar-refractivity contribution in [2.45, 2.75) is 13.1 Å². The van der Waals surface area contributed by atoms with Crippen LogP contribution in [0.4, 0.5) is 18.9 Å². The highest BCUT2D eigenvalue weighted by molar-refractivity contribution is 5.91. The molecule has 0 fully saturated rings. The lowest BCUT2D eigenvalue weighted by Gasteiger charge is -2.11. The first-order valence-electron chi connectivity index (χ1n) is 6.19. The van der Waals surface area contributed by atoms with Crippen molar-refractivity contribution in [2.75, 3.05) is 25.1 Å². The summed E-state index contributed by atoms with van der Waals surface area (Å²) in [5.41, 5.74) is 2.79. The van der Waals surface area contributed by atoms with Crippen molar-refractivity contribution >= 4 is 16.6 Å². The molecule has 0 bridgehead atoms. The number of fused-ring (bicyclic) bond motifs is 1. The molecule has 108 valence electrons. The molecule has 0 saturated carbocycles. The largest absolute Gasteiger partial charge is 0.411 e. The minimum absolute atomic E-state index is 0.00482. The van der Waals surface area contributed by atoms with Gasteiger partial charge in [0, 0.05) is 23.8 Å². The maximum atomic E-state index is 11.9. The van der Waals surface area contributed by atoms with Crippen LogP contribution in [-0.4, -0.2) is 30.9 Å². The molecule has 1 aromatic heterocycles. The van der Waals surface area contributed by atoms with Crippen LogP contribution in [-0.2, 0) is 4.74 Å². The number of alkyl halides is 3. The van der Waals surface area contributed by atoms with Crippen molar-refractivity contribution < 1.29 is 17.9 Å². The van der Waals surface area contributed by atoms with Crippen LogP contribution in [0.25, 0.3) is 10.9 Å². The number of halogens is 3. The van der Waals surface area contributed by atoms with E-state index in [1.165, 1.54) is 0 Å². The first-order valence-corrected chi connectivity index (χ1v) is 6.19. The van der Waals surface area contributed by atoms with Crippen molar-refractivity contribution in [1.29, 1.82) is 0 Å². The van der Waals surface area contributed by atoms with E-state index in [0.29, 0.717) is 6.54 Å².